The predicted octanol–water partition coefficient (Wildman–Crippen LogP) is 2.79. The molecular weight excluding hydrogens is 288 g/mol. The van der Waals surface area contributed by atoms with Crippen LogP contribution >= 0.6 is 11.6 Å². The van der Waals surface area contributed by atoms with Crippen LogP contribution in [0.25, 0.3) is 0 Å². The predicted molar refractivity (Wildman–Crippen MR) is 86.5 cm³/mol. The second-order valence-electron chi connectivity index (χ2n) is 5.49. The van der Waals surface area contributed by atoms with E-state index in [1.165, 1.54) is 19.5 Å². The van der Waals surface area contributed by atoms with E-state index in [0.29, 0.717) is 16.5 Å². The van der Waals surface area contributed by atoms with Gasteiger partial charge >= 0.3 is 0 Å². The highest BCUT2D eigenvalue weighted by Gasteiger charge is 2.20. The van der Waals surface area contributed by atoms with Gasteiger partial charge in [0.25, 0.3) is 0 Å². The highest BCUT2D eigenvalue weighted by molar-refractivity contribution is 6.32. The van der Waals surface area contributed by atoms with Gasteiger partial charge in [0.2, 0.25) is 0 Å². The van der Waals surface area contributed by atoms with Gasteiger partial charge in [-0.15, -0.1) is 0 Å². The van der Waals surface area contributed by atoms with Crippen molar-refractivity contribution in [1.82, 2.24) is 10.2 Å². The lowest BCUT2D eigenvalue weighted by molar-refractivity contribution is 0.338. The van der Waals surface area contributed by atoms with Crippen molar-refractivity contribution in [3.63, 3.8) is 0 Å². The average Bonchev–Trinajstić information content (AvgIpc) is 2.94. The Hall–Kier alpha value is -0.970. The van der Waals surface area contributed by atoms with Crippen LogP contribution in [0.4, 0.5) is 0 Å². The fraction of sp³-hybridized carbons (Fsp3) is 0.625. The van der Waals surface area contributed by atoms with Gasteiger partial charge in [-0.3, -0.25) is 0 Å². The summed E-state index contributed by atoms with van der Waals surface area (Å²) >= 11 is 6.22. The summed E-state index contributed by atoms with van der Waals surface area (Å²) in [6.07, 6.45) is 1.29. The number of hydrogen-bond donors (Lipinski definition) is 1. The number of halogens is 1. The monoisotopic (exact) mass is 312 g/mol. The van der Waals surface area contributed by atoms with Gasteiger partial charge in [-0.1, -0.05) is 18.5 Å². The van der Waals surface area contributed by atoms with Crippen molar-refractivity contribution < 1.29 is 9.47 Å². The smallest absolute Gasteiger partial charge is 0.179 e. The maximum absolute atomic E-state index is 6.22. The van der Waals surface area contributed by atoms with Crippen molar-refractivity contribution in [1.29, 1.82) is 0 Å². The number of rotatable bonds is 7. The lowest BCUT2D eigenvalue weighted by Gasteiger charge is -2.15. The van der Waals surface area contributed by atoms with Gasteiger partial charge in [0.15, 0.2) is 11.5 Å². The van der Waals surface area contributed by atoms with Crippen LogP contribution in [0, 0.1) is 5.92 Å². The molecule has 1 unspecified atom stereocenters. The van der Waals surface area contributed by atoms with E-state index < -0.39 is 0 Å². The zero-order valence-electron chi connectivity index (χ0n) is 13.1. The van der Waals surface area contributed by atoms with Crippen LogP contribution in [0.1, 0.15) is 18.9 Å². The number of ether oxygens (including phenoxy) is 2. The summed E-state index contributed by atoms with van der Waals surface area (Å²) < 4.78 is 10.6. The first-order valence-corrected chi connectivity index (χ1v) is 7.89. The minimum absolute atomic E-state index is 0.590. The molecule has 1 saturated heterocycles. The fourth-order valence-corrected chi connectivity index (χ4v) is 3.17. The first kappa shape index (κ1) is 16.4. The Morgan fingerprint density at radius 1 is 1.33 bits per heavy atom. The molecule has 0 saturated carbocycles. The molecule has 4 nitrogen and oxygen atoms in total. The molecule has 0 spiro atoms. The molecule has 1 aliphatic heterocycles. The van der Waals surface area contributed by atoms with Crippen LogP contribution in [0.5, 0.6) is 11.5 Å². The molecule has 0 aliphatic carbocycles. The van der Waals surface area contributed by atoms with E-state index in [1.54, 1.807) is 14.2 Å². The van der Waals surface area contributed by atoms with Crippen LogP contribution in [-0.2, 0) is 6.54 Å². The molecule has 1 N–H and O–H groups in total. The summed E-state index contributed by atoms with van der Waals surface area (Å²) in [6.45, 7) is 7.65. The van der Waals surface area contributed by atoms with Gasteiger partial charge in [-0.25, -0.2) is 0 Å². The standard InChI is InChI=1S/C16H25ClN2O2/c1-4-19-6-5-12(11-19)9-18-10-13-7-14(17)16(21-3)15(8-13)20-2/h7-8,12,18H,4-6,9-11H2,1-3H3. The highest BCUT2D eigenvalue weighted by atomic mass is 35.5. The molecule has 0 bridgehead atoms. The maximum atomic E-state index is 6.22. The molecule has 1 fully saturated rings. The van der Waals surface area contributed by atoms with Crippen molar-refractivity contribution in [3.05, 3.63) is 22.7 Å². The SMILES string of the molecule is CCN1CCC(CNCc2cc(Cl)c(OC)c(OC)c2)C1. The van der Waals surface area contributed by atoms with Gasteiger partial charge in [-0.2, -0.15) is 0 Å². The van der Waals surface area contributed by atoms with Crippen molar-refractivity contribution in [2.24, 2.45) is 5.92 Å². The largest absolute Gasteiger partial charge is 0.493 e. The Balaban J connectivity index is 1.87. The van der Waals surface area contributed by atoms with Crippen LogP contribution in [-0.4, -0.2) is 45.3 Å². The Morgan fingerprint density at radius 3 is 2.76 bits per heavy atom. The van der Waals surface area contributed by atoms with Gasteiger partial charge in [0, 0.05) is 13.1 Å². The molecule has 1 atom stereocenters. The molecule has 2 rings (SSSR count). The summed E-state index contributed by atoms with van der Waals surface area (Å²) in [5, 5.41) is 4.11. The summed E-state index contributed by atoms with van der Waals surface area (Å²) in [5.41, 5.74) is 1.11. The fourth-order valence-electron chi connectivity index (χ4n) is 2.86. The first-order valence-electron chi connectivity index (χ1n) is 7.51. The minimum Gasteiger partial charge on any atom is -0.493 e. The third kappa shape index (κ3) is 4.25. The van der Waals surface area contributed by atoms with Crippen molar-refractivity contribution >= 4 is 11.6 Å². The Bertz CT molecular complexity index is 468. The summed E-state index contributed by atoms with van der Waals surface area (Å²) in [7, 11) is 3.23. The first-order chi connectivity index (χ1) is 10.2. The van der Waals surface area contributed by atoms with E-state index in [0.717, 1.165) is 31.1 Å². The second-order valence-corrected chi connectivity index (χ2v) is 5.90. The van der Waals surface area contributed by atoms with Crippen LogP contribution < -0.4 is 14.8 Å². The maximum Gasteiger partial charge on any atom is 0.179 e. The zero-order valence-corrected chi connectivity index (χ0v) is 13.9. The van der Waals surface area contributed by atoms with Crippen LogP contribution in [0.15, 0.2) is 12.1 Å². The molecular formula is C16H25ClN2O2. The summed E-state index contributed by atoms with van der Waals surface area (Å²) in [5.74, 6) is 2.03. The van der Waals surface area contributed by atoms with E-state index in [2.05, 4.69) is 17.1 Å². The lowest BCUT2D eigenvalue weighted by Crippen LogP contribution is -2.26. The van der Waals surface area contributed by atoms with E-state index in [-0.39, 0.29) is 0 Å². The third-order valence-corrected chi connectivity index (χ3v) is 4.35. The van der Waals surface area contributed by atoms with E-state index in [9.17, 15) is 0 Å². The number of nitrogens with one attached hydrogen (secondary N) is 1. The normalized spacial score (nSPS) is 19.0. The molecule has 118 valence electrons. The average molecular weight is 313 g/mol. The summed E-state index contributed by atoms with van der Waals surface area (Å²) in [6, 6.07) is 3.91. The van der Waals surface area contributed by atoms with E-state index in [4.69, 9.17) is 21.1 Å². The zero-order chi connectivity index (χ0) is 15.2. The molecule has 1 heterocycles. The lowest BCUT2D eigenvalue weighted by atomic mass is 10.1. The molecule has 1 aliphatic rings. The number of likely N-dealkylation sites (tertiary alicyclic amines) is 1. The topological polar surface area (TPSA) is 33.7 Å². The Labute approximate surface area is 132 Å². The number of hydrogen-bond acceptors (Lipinski definition) is 4. The molecule has 1 aromatic carbocycles. The highest BCUT2D eigenvalue weighted by Crippen LogP contribution is 2.35. The summed E-state index contributed by atoms with van der Waals surface area (Å²) in [4.78, 5) is 2.50. The molecule has 0 amide bonds. The van der Waals surface area contributed by atoms with E-state index >= 15 is 0 Å². The van der Waals surface area contributed by atoms with Crippen molar-refractivity contribution in [3.8, 4) is 11.5 Å². The van der Waals surface area contributed by atoms with Gasteiger partial charge in [-0.05, 0) is 49.7 Å². The molecule has 5 heteroatoms. The number of benzene rings is 1. The number of nitrogens with zero attached hydrogens (tertiary/aromatic N) is 1. The van der Waals surface area contributed by atoms with E-state index in [1.807, 2.05) is 12.1 Å². The number of methoxy groups -OCH3 is 2. The molecule has 21 heavy (non-hydrogen) atoms. The van der Waals surface area contributed by atoms with Gasteiger partial charge in [0.1, 0.15) is 0 Å². The molecule has 1 aromatic rings. The quantitative estimate of drug-likeness (QED) is 0.839. The van der Waals surface area contributed by atoms with Crippen molar-refractivity contribution in [2.45, 2.75) is 19.9 Å². The Morgan fingerprint density at radius 2 is 2.14 bits per heavy atom. The van der Waals surface area contributed by atoms with Gasteiger partial charge in [0.05, 0.1) is 19.2 Å². The second kappa shape index (κ2) is 7.87. The molecule has 0 radical (unpaired) electrons. The molecule has 0 aromatic heterocycles. The minimum atomic E-state index is 0.590. The van der Waals surface area contributed by atoms with Crippen molar-refractivity contribution in [2.75, 3.05) is 40.4 Å². The van der Waals surface area contributed by atoms with Crippen LogP contribution in [0.2, 0.25) is 5.02 Å². The van der Waals surface area contributed by atoms with Crippen LogP contribution in [0.3, 0.4) is 0 Å². The third-order valence-electron chi connectivity index (χ3n) is 4.07. The van der Waals surface area contributed by atoms with Gasteiger partial charge < -0.3 is 19.7 Å². The Kier molecular flexibility index (Phi) is 6.15.